The highest BCUT2D eigenvalue weighted by Gasteiger charge is 2.12. The van der Waals surface area contributed by atoms with Gasteiger partial charge in [-0.15, -0.1) is 33.3 Å². The first kappa shape index (κ1) is 9.92. The fraction of sp³-hybridized carbons (Fsp3) is 0.200. The molecule has 0 amide bonds. The summed E-state index contributed by atoms with van der Waals surface area (Å²) in [5.74, 6) is 0. The van der Waals surface area contributed by atoms with E-state index in [2.05, 4.69) is 26.5 Å². The minimum atomic E-state index is 0.909. The molecule has 0 spiro atoms. The van der Waals surface area contributed by atoms with Crippen molar-refractivity contribution in [3.05, 3.63) is 17.8 Å². The predicted molar refractivity (Wildman–Crippen MR) is 67.0 cm³/mol. The molecule has 3 heterocycles. The van der Waals surface area contributed by atoms with Crippen LogP contribution in [0.15, 0.2) is 17.2 Å². The van der Waals surface area contributed by atoms with E-state index in [1.165, 1.54) is 0 Å². The fourth-order valence-corrected chi connectivity index (χ4v) is 3.40. The van der Waals surface area contributed by atoms with E-state index >= 15 is 0 Å². The van der Waals surface area contributed by atoms with Crippen LogP contribution in [0.1, 0.15) is 5.69 Å². The molecule has 0 saturated heterocycles. The van der Waals surface area contributed by atoms with Gasteiger partial charge in [0.05, 0.1) is 4.70 Å². The van der Waals surface area contributed by atoms with Crippen molar-refractivity contribution in [2.24, 2.45) is 0 Å². The summed E-state index contributed by atoms with van der Waals surface area (Å²) in [7, 11) is 0. The molecule has 0 aromatic carbocycles. The van der Waals surface area contributed by atoms with Crippen LogP contribution in [0.4, 0.5) is 0 Å². The third-order valence-corrected chi connectivity index (χ3v) is 4.23. The van der Waals surface area contributed by atoms with E-state index in [-0.39, 0.29) is 0 Å². The molecule has 0 fully saturated rings. The van der Waals surface area contributed by atoms with Crippen LogP contribution in [0.5, 0.6) is 0 Å². The number of aromatic nitrogens is 4. The summed E-state index contributed by atoms with van der Waals surface area (Å²) in [6.07, 6.45) is 1.99. The Kier molecular flexibility index (Phi) is 2.26. The maximum atomic E-state index is 4.50. The average molecular weight is 248 g/mol. The molecule has 3 aromatic heterocycles. The van der Waals surface area contributed by atoms with Crippen LogP contribution in [-0.4, -0.2) is 26.7 Å². The van der Waals surface area contributed by atoms with Gasteiger partial charge in [-0.05, 0) is 30.5 Å². The molecule has 80 valence electrons. The number of thiophene rings is 1. The Morgan fingerprint density at radius 2 is 2.12 bits per heavy atom. The molecule has 0 atom stereocenters. The van der Waals surface area contributed by atoms with Crippen molar-refractivity contribution >= 4 is 43.5 Å². The molecule has 3 rings (SSSR count). The van der Waals surface area contributed by atoms with Gasteiger partial charge in [-0.3, -0.25) is 0 Å². The average Bonchev–Trinajstić information content (AvgIpc) is 2.65. The summed E-state index contributed by atoms with van der Waals surface area (Å²) in [4.78, 5) is 5.51. The summed E-state index contributed by atoms with van der Waals surface area (Å²) >= 11 is 3.22. The van der Waals surface area contributed by atoms with Gasteiger partial charge < -0.3 is 0 Å². The van der Waals surface area contributed by atoms with Crippen molar-refractivity contribution < 1.29 is 0 Å². The number of rotatable bonds is 1. The van der Waals surface area contributed by atoms with Gasteiger partial charge in [0.1, 0.15) is 15.4 Å². The summed E-state index contributed by atoms with van der Waals surface area (Å²) in [5.41, 5.74) is 1.93. The topological polar surface area (TPSA) is 51.6 Å². The lowest BCUT2D eigenvalue weighted by Gasteiger charge is -1.93. The van der Waals surface area contributed by atoms with Crippen LogP contribution < -0.4 is 0 Å². The number of fused-ring (bicyclic) bond motifs is 3. The summed E-state index contributed by atoms with van der Waals surface area (Å²) < 4.78 is 1.08. The minimum absolute atomic E-state index is 0.909. The highest BCUT2D eigenvalue weighted by atomic mass is 32.2. The van der Waals surface area contributed by atoms with Gasteiger partial charge in [0, 0.05) is 11.1 Å². The fourth-order valence-electron chi connectivity index (χ4n) is 1.59. The molecule has 16 heavy (non-hydrogen) atoms. The molecular weight excluding hydrogens is 240 g/mol. The van der Waals surface area contributed by atoms with Gasteiger partial charge >= 0.3 is 0 Å². The third kappa shape index (κ3) is 1.37. The van der Waals surface area contributed by atoms with Crippen LogP contribution in [0.25, 0.3) is 20.4 Å². The highest BCUT2D eigenvalue weighted by molar-refractivity contribution is 7.98. The molecule has 0 radical (unpaired) electrons. The zero-order valence-corrected chi connectivity index (χ0v) is 10.4. The van der Waals surface area contributed by atoms with E-state index in [1.807, 2.05) is 19.2 Å². The van der Waals surface area contributed by atoms with Gasteiger partial charge in [0.2, 0.25) is 0 Å². The molecule has 0 saturated carbocycles. The van der Waals surface area contributed by atoms with E-state index in [4.69, 9.17) is 0 Å². The Hall–Kier alpha value is -1.27. The number of nitrogens with zero attached hydrogens (tertiary/aromatic N) is 4. The number of thioether (sulfide) groups is 1. The van der Waals surface area contributed by atoms with E-state index < -0.39 is 0 Å². The molecular formula is C10H8N4S2. The van der Waals surface area contributed by atoms with Crippen LogP contribution in [0.3, 0.4) is 0 Å². The normalized spacial score (nSPS) is 11.4. The summed E-state index contributed by atoms with van der Waals surface area (Å²) in [5, 5.41) is 13.9. The van der Waals surface area contributed by atoms with Crippen LogP contribution in [-0.2, 0) is 0 Å². The molecule has 0 aliphatic carbocycles. The van der Waals surface area contributed by atoms with Gasteiger partial charge in [-0.2, -0.15) is 0 Å². The van der Waals surface area contributed by atoms with E-state index in [9.17, 15) is 0 Å². The Labute approximate surface area is 100 Å². The second-order valence-corrected chi connectivity index (χ2v) is 5.18. The standard InChI is InChI=1S/C10H8N4S2/c1-5-3-4-6-7-8(16-9(6)11-5)10(15-2)13-14-12-7/h3-4H,1-2H3. The zero-order valence-electron chi connectivity index (χ0n) is 8.76. The predicted octanol–water partition coefficient (Wildman–Crippen LogP) is 2.66. The second-order valence-electron chi connectivity index (χ2n) is 3.38. The SMILES string of the molecule is CSc1nnnc2c1sc1nc(C)ccc12. The Balaban J connectivity index is 2.49. The van der Waals surface area contributed by atoms with E-state index in [0.717, 1.165) is 31.2 Å². The molecule has 0 N–H and O–H groups in total. The highest BCUT2D eigenvalue weighted by Crippen LogP contribution is 2.34. The molecule has 3 aromatic rings. The lowest BCUT2D eigenvalue weighted by molar-refractivity contribution is 0.843. The largest absolute Gasteiger partial charge is 0.242 e. The smallest absolute Gasteiger partial charge is 0.140 e. The van der Waals surface area contributed by atoms with Gasteiger partial charge in [0.15, 0.2) is 0 Å². The van der Waals surface area contributed by atoms with Crippen molar-refractivity contribution in [2.45, 2.75) is 11.9 Å². The van der Waals surface area contributed by atoms with Crippen LogP contribution >= 0.6 is 23.1 Å². The molecule has 0 bridgehead atoms. The van der Waals surface area contributed by atoms with E-state index in [0.29, 0.717) is 0 Å². The quantitative estimate of drug-likeness (QED) is 0.620. The van der Waals surface area contributed by atoms with Crippen molar-refractivity contribution in [3.8, 4) is 0 Å². The van der Waals surface area contributed by atoms with E-state index in [1.54, 1.807) is 23.1 Å². The molecule has 0 aliphatic heterocycles. The Morgan fingerprint density at radius 1 is 1.25 bits per heavy atom. The molecule has 4 nitrogen and oxygen atoms in total. The number of pyridine rings is 1. The van der Waals surface area contributed by atoms with Crippen molar-refractivity contribution in [1.82, 2.24) is 20.4 Å². The first-order valence-corrected chi connectivity index (χ1v) is 6.77. The minimum Gasteiger partial charge on any atom is -0.242 e. The molecule has 0 unspecified atom stereocenters. The third-order valence-electron chi connectivity index (χ3n) is 2.34. The van der Waals surface area contributed by atoms with Crippen LogP contribution in [0, 0.1) is 6.92 Å². The van der Waals surface area contributed by atoms with Crippen molar-refractivity contribution in [2.75, 3.05) is 6.26 Å². The first-order valence-electron chi connectivity index (χ1n) is 4.73. The van der Waals surface area contributed by atoms with Gasteiger partial charge in [0.25, 0.3) is 0 Å². The Morgan fingerprint density at radius 3 is 2.94 bits per heavy atom. The van der Waals surface area contributed by atoms with Crippen molar-refractivity contribution in [3.63, 3.8) is 0 Å². The summed E-state index contributed by atoms with van der Waals surface area (Å²) in [6, 6.07) is 4.05. The van der Waals surface area contributed by atoms with Crippen LogP contribution in [0.2, 0.25) is 0 Å². The zero-order chi connectivity index (χ0) is 11.1. The molecule has 0 aliphatic rings. The van der Waals surface area contributed by atoms with Gasteiger partial charge in [-0.1, -0.05) is 0 Å². The number of aryl methyl sites for hydroxylation is 1. The molecule has 6 heteroatoms. The van der Waals surface area contributed by atoms with Gasteiger partial charge in [-0.25, -0.2) is 4.98 Å². The maximum absolute atomic E-state index is 4.50. The number of hydrogen-bond donors (Lipinski definition) is 0. The van der Waals surface area contributed by atoms with Crippen molar-refractivity contribution in [1.29, 1.82) is 0 Å². The lowest BCUT2D eigenvalue weighted by atomic mass is 10.3. The lowest BCUT2D eigenvalue weighted by Crippen LogP contribution is -1.88. The second kappa shape index (κ2) is 3.64. The first-order chi connectivity index (χ1) is 7.79. The maximum Gasteiger partial charge on any atom is 0.140 e. The summed E-state index contributed by atoms with van der Waals surface area (Å²) in [6.45, 7) is 1.99. The Bertz CT molecular complexity index is 677. The number of hydrogen-bond acceptors (Lipinski definition) is 6. The monoisotopic (exact) mass is 248 g/mol.